The smallest absolute Gasteiger partial charge is 0.282 e. The number of rotatable bonds is 4. The molecule has 0 bridgehead atoms. The lowest BCUT2D eigenvalue weighted by molar-refractivity contribution is -0.385. The fraction of sp³-hybridized carbons (Fsp3) is 0.533. The molecule has 1 aliphatic carbocycles. The molecule has 0 saturated heterocycles. The number of nitrogens with zero attached hydrogens (tertiary/aromatic N) is 1. The number of nitrogens with one attached hydrogen (secondary N) is 1. The molecule has 0 radical (unpaired) electrons. The summed E-state index contributed by atoms with van der Waals surface area (Å²) in [5, 5.41) is 14.2. The van der Waals surface area contributed by atoms with E-state index in [0.29, 0.717) is 10.9 Å². The largest absolute Gasteiger partial charge is 0.349 e. The van der Waals surface area contributed by atoms with E-state index in [-0.39, 0.29) is 17.3 Å². The zero-order valence-electron chi connectivity index (χ0n) is 12.0. The monoisotopic (exact) mass is 310 g/mol. The average molecular weight is 311 g/mol. The zero-order chi connectivity index (χ0) is 15.4. The van der Waals surface area contributed by atoms with Crippen molar-refractivity contribution >= 4 is 23.2 Å². The molecule has 1 aromatic carbocycles. The Balaban J connectivity index is 2.12. The van der Waals surface area contributed by atoms with Crippen molar-refractivity contribution in [2.45, 2.75) is 45.1 Å². The summed E-state index contributed by atoms with van der Waals surface area (Å²) < 4.78 is 0. The summed E-state index contributed by atoms with van der Waals surface area (Å²) in [5.74, 6) is 0.0169. The van der Waals surface area contributed by atoms with Gasteiger partial charge in [-0.1, -0.05) is 30.9 Å². The number of nitro groups is 1. The van der Waals surface area contributed by atoms with E-state index in [0.717, 1.165) is 12.8 Å². The second-order valence-electron chi connectivity index (χ2n) is 5.58. The first-order valence-electron chi connectivity index (χ1n) is 7.24. The van der Waals surface area contributed by atoms with Crippen molar-refractivity contribution in [3.05, 3.63) is 38.9 Å². The second kappa shape index (κ2) is 6.89. The molecule has 1 aromatic rings. The molecular weight excluding hydrogens is 292 g/mol. The highest BCUT2D eigenvalue weighted by atomic mass is 35.5. The highest BCUT2D eigenvalue weighted by molar-refractivity contribution is 6.31. The quantitative estimate of drug-likeness (QED) is 0.676. The number of amides is 1. The topological polar surface area (TPSA) is 72.2 Å². The molecule has 5 nitrogen and oxygen atoms in total. The van der Waals surface area contributed by atoms with Gasteiger partial charge in [0.2, 0.25) is 0 Å². The van der Waals surface area contributed by atoms with Crippen molar-refractivity contribution in [1.29, 1.82) is 0 Å². The van der Waals surface area contributed by atoms with Crippen LogP contribution in [0.1, 0.15) is 49.4 Å². The van der Waals surface area contributed by atoms with Crippen LogP contribution >= 0.6 is 11.6 Å². The normalized spacial score (nSPS) is 17.2. The Hall–Kier alpha value is -1.62. The number of carbonyl (C=O) groups excluding carboxylic acids is 1. The molecule has 1 fully saturated rings. The molecule has 6 heteroatoms. The molecule has 2 rings (SSSR count). The molecule has 1 unspecified atom stereocenters. The van der Waals surface area contributed by atoms with Gasteiger partial charge < -0.3 is 5.32 Å². The lowest BCUT2D eigenvalue weighted by atomic mass is 9.84. The van der Waals surface area contributed by atoms with Gasteiger partial charge in [0, 0.05) is 17.1 Å². The number of halogens is 1. The molecule has 0 aliphatic heterocycles. The van der Waals surface area contributed by atoms with E-state index in [2.05, 4.69) is 5.32 Å². The highest BCUT2D eigenvalue weighted by Crippen LogP contribution is 2.27. The molecule has 0 aromatic heterocycles. The summed E-state index contributed by atoms with van der Waals surface area (Å²) in [7, 11) is 0. The SMILES string of the molecule is CC(NC(=O)c1cc(Cl)ccc1[N+](=O)[O-])C1CCCCC1. The van der Waals surface area contributed by atoms with E-state index in [1.54, 1.807) is 0 Å². The third kappa shape index (κ3) is 3.94. The van der Waals surface area contributed by atoms with Crippen molar-refractivity contribution in [1.82, 2.24) is 5.32 Å². The summed E-state index contributed by atoms with van der Waals surface area (Å²) in [6.45, 7) is 1.96. The van der Waals surface area contributed by atoms with Crippen molar-refractivity contribution in [2.24, 2.45) is 5.92 Å². The number of carbonyl (C=O) groups is 1. The first kappa shape index (κ1) is 15.8. The van der Waals surface area contributed by atoms with Gasteiger partial charge in [-0.25, -0.2) is 0 Å². The van der Waals surface area contributed by atoms with Crippen LogP contribution in [0, 0.1) is 16.0 Å². The minimum atomic E-state index is -0.559. The lowest BCUT2D eigenvalue weighted by Gasteiger charge is -2.28. The Morgan fingerprint density at radius 1 is 1.38 bits per heavy atom. The van der Waals surface area contributed by atoms with Gasteiger partial charge in [-0.3, -0.25) is 14.9 Å². The first-order valence-corrected chi connectivity index (χ1v) is 7.61. The minimum absolute atomic E-state index is 0.0105. The van der Waals surface area contributed by atoms with Crippen molar-refractivity contribution in [3.63, 3.8) is 0 Å². The summed E-state index contributed by atoms with van der Waals surface area (Å²) in [4.78, 5) is 22.7. The van der Waals surface area contributed by atoms with Gasteiger partial charge in [0.15, 0.2) is 0 Å². The Labute approximate surface area is 128 Å². The molecule has 0 spiro atoms. The van der Waals surface area contributed by atoms with Crippen LogP contribution in [0.4, 0.5) is 5.69 Å². The fourth-order valence-electron chi connectivity index (χ4n) is 2.89. The molecule has 1 aliphatic rings. The summed E-state index contributed by atoms with van der Waals surface area (Å²) in [6.07, 6.45) is 5.81. The van der Waals surface area contributed by atoms with E-state index in [4.69, 9.17) is 11.6 Å². The van der Waals surface area contributed by atoms with Crippen molar-refractivity contribution < 1.29 is 9.72 Å². The maximum absolute atomic E-state index is 12.3. The number of nitro benzene ring substituents is 1. The number of hydrogen-bond donors (Lipinski definition) is 1. The van der Waals surface area contributed by atoms with Crippen LogP contribution in [-0.4, -0.2) is 16.9 Å². The third-order valence-electron chi connectivity index (χ3n) is 4.12. The number of benzene rings is 1. The maximum atomic E-state index is 12.3. The molecule has 21 heavy (non-hydrogen) atoms. The third-order valence-corrected chi connectivity index (χ3v) is 4.35. The van der Waals surface area contributed by atoms with Gasteiger partial charge in [-0.05, 0) is 37.8 Å². The Morgan fingerprint density at radius 3 is 2.67 bits per heavy atom. The predicted octanol–water partition coefficient (Wildman–Crippen LogP) is 3.95. The summed E-state index contributed by atoms with van der Waals surface area (Å²) >= 11 is 5.85. The van der Waals surface area contributed by atoms with Crippen LogP contribution in [0.5, 0.6) is 0 Å². The van der Waals surface area contributed by atoms with Crippen LogP contribution in [-0.2, 0) is 0 Å². The molecule has 1 amide bonds. The Bertz CT molecular complexity index is 542. The second-order valence-corrected chi connectivity index (χ2v) is 6.02. The van der Waals surface area contributed by atoms with E-state index in [1.165, 1.54) is 37.5 Å². The first-order chi connectivity index (χ1) is 9.99. The average Bonchev–Trinajstić information content (AvgIpc) is 2.47. The molecule has 0 heterocycles. The molecular formula is C15H19ClN2O3. The van der Waals surface area contributed by atoms with Crippen LogP contribution < -0.4 is 5.32 Å². The van der Waals surface area contributed by atoms with Gasteiger partial charge >= 0.3 is 0 Å². The fourth-order valence-corrected chi connectivity index (χ4v) is 3.06. The predicted molar refractivity (Wildman–Crippen MR) is 81.6 cm³/mol. The van der Waals surface area contributed by atoms with Crippen molar-refractivity contribution in [3.8, 4) is 0 Å². The summed E-state index contributed by atoms with van der Waals surface area (Å²) in [5.41, 5.74) is -0.192. The standard InChI is InChI=1S/C15H19ClN2O3/c1-10(11-5-3-2-4-6-11)17-15(19)13-9-12(16)7-8-14(13)18(20)21/h7-11H,2-6H2,1H3,(H,17,19). The lowest BCUT2D eigenvalue weighted by Crippen LogP contribution is -2.39. The van der Waals surface area contributed by atoms with Crippen molar-refractivity contribution in [2.75, 3.05) is 0 Å². The summed E-state index contributed by atoms with van der Waals surface area (Å²) in [6, 6.07) is 4.04. The molecule has 1 saturated carbocycles. The van der Waals surface area contributed by atoms with E-state index in [9.17, 15) is 14.9 Å². The highest BCUT2D eigenvalue weighted by Gasteiger charge is 2.25. The Kier molecular flexibility index (Phi) is 5.17. The van der Waals surface area contributed by atoms with Crippen LogP contribution in [0.25, 0.3) is 0 Å². The van der Waals surface area contributed by atoms with E-state index in [1.807, 2.05) is 6.92 Å². The van der Waals surface area contributed by atoms with Crippen LogP contribution in [0.15, 0.2) is 18.2 Å². The zero-order valence-corrected chi connectivity index (χ0v) is 12.7. The van der Waals surface area contributed by atoms with Gasteiger partial charge in [0.05, 0.1) is 4.92 Å². The molecule has 1 atom stereocenters. The van der Waals surface area contributed by atoms with Gasteiger partial charge in [0.1, 0.15) is 5.56 Å². The molecule has 1 N–H and O–H groups in total. The van der Waals surface area contributed by atoms with Gasteiger partial charge in [-0.15, -0.1) is 0 Å². The minimum Gasteiger partial charge on any atom is -0.349 e. The molecule has 114 valence electrons. The van der Waals surface area contributed by atoms with Crippen LogP contribution in [0.2, 0.25) is 5.02 Å². The van der Waals surface area contributed by atoms with E-state index >= 15 is 0 Å². The van der Waals surface area contributed by atoms with Gasteiger partial charge in [0.25, 0.3) is 11.6 Å². The van der Waals surface area contributed by atoms with Gasteiger partial charge in [-0.2, -0.15) is 0 Å². The van der Waals surface area contributed by atoms with E-state index < -0.39 is 10.8 Å². The van der Waals surface area contributed by atoms with Crippen LogP contribution in [0.3, 0.4) is 0 Å². The Morgan fingerprint density at radius 2 is 2.05 bits per heavy atom. The number of hydrogen-bond acceptors (Lipinski definition) is 3. The maximum Gasteiger partial charge on any atom is 0.282 e.